The van der Waals surface area contributed by atoms with E-state index in [4.69, 9.17) is 0 Å². The van der Waals surface area contributed by atoms with Gasteiger partial charge in [-0.15, -0.1) is 19.7 Å². The third-order valence-corrected chi connectivity index (χ3v) is 5.92. The molecule has 0 aromatic carbocycles. The van der Waals surface area contributed by atoms with E-state index in [2.05, 4.69) is 83.9 Å². The minimum absolute atomic E-state index is 0.916. The quantitative estimate of drug-likeness (QED) is 0.122. The Kier molecular flexibility index (Phi) is 39.2. The number of unbranched alkanes of at least 4 members (excludes halogenated alkanes) is 2. The zero-order valence-corrected chi connectivity index (χ0v) is 24.1. The minimum Gasteiger partial charge on any atom is -0.103 e. The summed E-state index contributed by atoms with van der Waals surface area (Å²) in [6.07, 6.45) is 38.4. The Balaban J connectivity index is -0.000000438. The molecule has 0 radical (unpaired) electrons. The van der Waals surface area contributed by atoms with Gasteiger partial charge in [-0.1, -0.05) is 94.2 Å². The molecule has 0 nitrogen and oxygen atoms in total. The van der Waals surface area contributed by atoms with Crippen molar-refractivity contribution in [2.45, 2.75) is 131 Å². The predicted molar refractivity (Wildman–Crippen MR) is 163 cm³/mol. The Hall–Kier alpha value is -1.56. The topological polar surface area (TPSA) is 0 Å². The zero-order valence-electron chi connectivity index (χ0n) is 24.1. The largest absolute Gasteiger partial charge is 0.103 e. The maximum absolute atomic E-state index is 3.78. The molecule has 0 heteroatoms. The summed E-state index contributed by atoms with van der Waals surface area (Å²) in [5.41, 5.74) is 0. The molecular formula is C34H62. The first kappa shape index (κ1) is 37.0. The molecule has 0 aliphatic carbocycles. The van der Waals surface area contributed by atoms with E-state index in [0.29, 0.717) is 0 Å². The van der Waals surface area contributed by atoms with Crippen molar-refractivity contribution in [1.29, 1.82) is 0 Å². The Morgan fingerprint density at radius 3 is 1.15 bits per heavy atom. The second-order valence-corrected chi connectivity index (χ2v) is 9.12. The average Bonchev–Trinajstić information content (AvgIpc) is 2.85. The van der Waals surface area contributed by atoms with Crippen molar-refractivity contribution in [1.82, 2.24) is 0 Å². The van der Waals surface area contributed by atoms with Crippen molar-refractivity contribution in [2.75, 3.05) is 0 Å². The first-order valence-electron chi connectivity index (χ1n) is 14.3. The fraction of sp³-hybridized carbons (Fsp3) is 0.647. The van der Waals surface area contributed by atoms with Crippen LogP contribution in [0.25, 0.3) is 0 Å². The van der Waals surface area contributed by atoms with Gasteiger partial charge in [0.1, 0.15) is 0 Å². The summed E-state index contributed by atoms with van der Waals surface area (Å²) in [6.45, 7) is 22.0. The monoisotopic (exact) mass is 470 g/mol. The zero-order chi connectivity index (χ0) is 26.1. The molecule has 0 spiro atoms. The summed E-state index contributed by atoms with van der Waals surface area (Å²) in [5.74, 6) is 1.83. The number of allylic oxidation sites excluding steroid dienone is 9. The smallest absolute Gasteiger partial charge is 0.0348 e. The van der Waals surface area contributed by atoms with E-state index in [-0.39, 0.29) is 0 Å². The SMILES string of the molecule is C=CCCC(CCC)CCC=CC.C=CCCC(CCC)CCC=CC.C=CCCCC=CC. The highest BCUT2D eigenvalue weighted by molar-refractivity contribution is 4.80. The van der Waals surface area contributed by atoms with Gasteiger partial charge in [0.2, 0.25) is 0 Å². The van der Waals surface area contributed by atoms with Gasteiger partial charge in [-0.2, -0.15) is 0 Å². The van der Waals surface area contributed by atoms with Crippen LogP contribution in [0, 0.1) is 11.8 Å². The summed E-state index contributed by atoms with van der Waals surface area (Å²) in [7, 11) is 0. The molecule has 0 bridgehead atoms. The fourth-order valence-corrected chi connectivity index (χ4v) is 3.93. The average molecular weight is 471 g/mol. The van der Waals surface area contributed by atoms with E-state index in [1.54, 1.807) is 0 Å². The van der Waals surface area contributed by atoms with Crippen LogP contribution >= 0.6 is 0 Å². The highest BCUT2D eigenvalue weighted by Crippen LogP contribution is 2.20. The Morgan fingerprint density at radius 2 is 0.824 bits per heavy atom. The van der Waals surface area contributed by atoms with Gasteiger partial charge in [0.25, 0.3) is 0 Å². The van der Waals surface area contributed by atoms with Gasteiger partial charge in [0.05, 0.1) is 0 Å². The molecule has 34 heavy (non-hydrogen) atoms. The van der Waals surface area contributed by atoms with E-state index in [1.165, 1.54) is 89.9 Å². The molecule has 198 valence electrons. The summed E-state index contributed by atoms with van der Waals surface area (Å²) in [6, 6.07) is 0. The van der Waals surface area contributed by atoms with E-state index >= 15 is 0 Å². The van der Waals surface area contributed by atoms with Crippen LogP contribution in [0.1, 0.15) is 131 Å². The lowest BCUT2D eigenvalue weighted by molar-refractivity contribution is 0.422. The normalized spacial score (nSPS) is 12.6. The van der Waals surface area contributed by atoms with Crippen molar-refractivity contribution in [3.8, 4) is 0 Å². The molecule has 0 aliphatic rings. The second-order valence-electron chi connectivity index (χ2n) is 9.12. The Labute approximate surface area is 217 Å². The van der Waals surface area contributed by atoms with Gasteiger partial charge in [-0.25, -0.2) is 0 Å². The van der Waals surface area contributed by atoms with Crippen LogP contribution in [0.4, 0.5) is 0 Å². The molecule has 0 amide bonds. The maximum atomic E-state index is 3.78. The Bertz CT molecular complexity index is 442. The van der Waals surface area contributed by atoms with Crippen LogP contribution in [0.2, 0.25) is 0 Å². The van der Waals surface area contributed by atoms with Crippen LogP contribution in [0.15, 0.2) is 74.4 Å². The highest BCUT2D eigenvalue weighted by Gasteiger charge is 2.05. The third kappa shape index (κ3) is 35.0. The number of hydrogen-bond donors (Lipinski definition) is 0. The van der Waals surface area contributed by atoms with E-state index in [0.717, 1.165) is 18.3 Å². The number of rotatable bonds is 20. The fourth-order valence-electron chi connectivity index (χ4n) is 3.93. The highest BCUT2D eigenvalue weighted by atomic mass is 14.1. The number of hydrogen-bond acceptors (Lipinski definition) is 0. The molecule has 0 saturated carbocycles. The van der Waals surface area contributed by atoms with Gasteiger partial charge >= 0.3 is 0 Å². The molecule has 0 aromatic rings. The van der Waals surface area contributed by atoms with Crippen LogP contribution < -0.4 is 0 Å². The minimum atomic E-state index is 0.916. The maximum Gasteiger partial charge on any atom is -0.0348 e. The van der Waals surface area contributed by atoms with Crippen LogP contribution in [-0.2, 0) is 0 Å². The van der Waals surface area contributed by atoms with Crippen molar-refractivity contribution < 1.29 is 0 Å². The summed E-state index contributed by atoms with van der Waals surface area (Å²) in [5, 5.41) is 0. The molecule has 0 fully saturated rings. The Morgan fingerprint density at radius 1 is 0.471 bits per heavy atom. The molecule has 0 aliphatic heterocycles. The van der Waals surface area contributed by atoms with Gasteiger partial charge < -0.3 is 0 Å². The van der Waals surface area contributed by atoms with Crippen LogP contribution in [-0.4, -0.2) is 0 Å². The molecule has 0 saturated heterocycles. The van der Waals surface area contributed by atoms with Crippen molar-refractivity contribution >= 4 is 0 Å². The molecule has 2 atom stereocenters. The predicted octanol–water partition coefficient (Wildman–Crippen LogP) is 12.4. The van der Waals surface area contributed by atoms with Gasteiger partial charge in [0, 0.05) is 0 Å². The summed E-state index contributed by atoms with van der Waals surface area (Å²) < 4.78 is 0. The second kappa shape index (κ2) is 36.0. The van der Waals surface area contributed by atoms with Gasteiger partial charge in [0.15, 0.2) is 0 Å². The first-order valence-corrected chi connectivity index (χ1v) is 14.3. The van der Waals surface area contributed by atoms with E-state index in [1.807, 2.05) is 25.2 Å². The molecule has 0 heterocycles. The molecule has 0 aromatic heterocycles. The van der Waals surface area contributed by atoms with Crippen molar-refractivity contribution in [3.63, 3.8) is 0 Å². The van der Waals surface area contributed by atoms with Crippen molar-refractivity contribution in [3.05, 3.63) is 74.4 Å². The summed E-state index contributed by atoms with van der Waals surface area (Å²) >= 11 is 0. The third-order valence-electron chi connectivity index (χ3n) is 5.92. The van der Waals surface area contributed by atoms with E-state index < -0.39 is 0 Å². The van der Waals surface area contributed by atoms with Gasteiger partial charge in [-0.05, 0) is 103 Å². The lowest BCUT2D eigenvalue weighted by Crippen LogP contribution is -1.98. The molecule has 0 rings (SSSR count). The molecule has 0 N–H and O–H groups in total. The standard InChI is InChI=1S/2C13H24.C8H14/c2*1-4-7-9-12-13(10-6-3)11-8-5-2;1-3-5-7-8-6-4-2/h2*4-5,7,13H,2,6,8-12H2,1,3H3;3-4,6H,1,5,7-8H2,2H3. The van der Waals surface area contributed by atoms with Crippen LogP contribution in [0.3, 0.4) is 0 Å². The lowest BCUT2D eigenvalue weighted by atomic mass is 9.93. The van der Waals surface area contributed by atoms with E-state index in [9.17, 15) is 0 Å². The molecule has 2 unspecified atom stereocenters. The van der Waals surface area contributed by atoms with Gasteiger partial charge in [-0.3, -0.25) is 0 Å². The van der Waals surface area contributed by atoms with Crippen LogP contribution in [0.5, 0.6) is 0 Å². The van der Waals surface area contributed by atoms with Crippen molar-refractivity contribution in [2.24, 2.45) is 11.8 Å². The first-order chi connectivity index (χ1) is 16.6. The summed E-state index contributed by atoms with van der Waals surface area (Å²) in [4.78, 5) is 0. The lowest BCUT2D eigenvalue weighted by Gasteiger charge is -2.13. The molecular weight excluding hydrogens is 408 g/mol.